The summed E-state index contributed by atoms with van der Waals surface area (Å²) in [4.78, 5) is 14.5. The largest absolute Gasteiger partial charge is 0.550 e. The molecule has 0 bridgehead atoms. The number of quaternary nitrogens is 1. The quantitative estimate of drug-likeness (QED) is 0.797. The standard InChI is InChI=1S/C11H9NO3S2.C4H11N/c13-9(14)5-6-10(16)15-11-12-7-3-1-2-4-8(7)17-11;1-3-5-4-2/h1-4H,5-6H2,(H,13,14);5H,3-4H2,1-2H3. The second-order valence-corrected chi connectivity index (χ2v) is 5.85. The molecule has 0 unspecified atom stereocenters. The van der Waals surface area contributed by atoms with E-state index in [0.717, 1.165) is 10.2 Å². The molecule has 0 spiro atoms. The van der Waals surface area contributed by atoms with Crippen molar-refractivity contribution in [1.29, 1.82) is 0 Å². The molecule has 2 rings (SSSR count). The highest BCUT2D eigenvalue weighted by atomic mass is 32.1. The molecule has 0 fully saturated rings. The van der Waals surface area contributed by atoms with Crippen LogP contribution in [0.2, 0.25) is 0 Å². The Balaban J connectivity index is 0.000000422. The number of aromatic nitrogens is 1. The molecule has 2 N–H and O–H groups in total. The topological polar surface area (TPSA) is 78.9 Å². The van der Waals surface area contributed by atoms with Crippen molar-refractivity contribution in [3.05, 3.63) is 24.3 Å². The van der Waals surface area contributed by atoms with E-state index in [1.165, 1.54) is 24.4 Å². The zero-order valence-corrected chi connectivity index (χ0v) is 14.3. The molecular formula is C15H20N2O3S2. The second kappa shape index (κ2) is 10.2. The van der Waals surface area contributed by atoms with Gasteiger partial charge in [0.15, 0.2) is 5.05 Å². The van der Waals surface area contributed by atoms with Gasteiger partial charge in [-0.05, 0) is 44.6 Å². The maximum Gasteiger partial charge on any atom is 0.280 e. The highest BCUT2D eigenvalue weighted by Crippen LogP contribution is 2.27. The number of carbonyl (C=O) groups excluding carboxylic acids is 1. The number of carbonyl (C=O) groups is 1. The Kier molecular flexibility index (Phi) is 8.57. The minimum Gasteiger partial charge on any atom is -0.550 e. The Morgan fingerprint density at radius 3 is 2.55 bits per heavy atom. The summed E-state index contributed by atoms with van der Waals surface area (Å²) >= 11 is 6.29. The number of nitrogens with two attached hydrogens (primary N) is 1. The van der Waals surface area contributed by atoms with Crippen LogP contribution < -0.4 is 15.2 Å². The van der Waals surface area contributed by atoms with Gasteiger partial charge in [-0.25, -0.2) is 4.98 Å². The number of para-hydroxylation sites is 1. The molecule has 22 heavy (non-hydrogen) atoms. The first kappa shape index (κ1) is 18.5. The first-order valence-corrected chi connectivity index (χ1v) is 8.37. The summed E-state index contributed by atoms with van der Waals surface area (Å²) in [5, 5.41) is 13.2. The maximum absolute atomic E-state index is 10.3. The van der Waals surface area contributed by atoms with Crippen LogP contribution >= 0.6 is 23.6 Å². The number of fused-ring (bicyclic) bond motifs is 1. The minimum absolute atomic E-state index is 0.135. The van der Waals surface area contributed by atoms with E-state index in [0.29, 0.717) is 5.19 Å². The van der Waals surface area contributed by atoms with Crippen molar-refractivity contribution in [2.75, 3.05) is 13.1 Å². The number of carboxylic acid groups (broad SMARTS) is 1. The minimum atomic E-state index is -1.14. The molecule has 5 nitrogen and oxygen atoms in total. The monoisotopic (exact) mass is 340 g/mol. The summed E-state index contributed by atoms with van der Waals surface area (Å²) in [5.41, 5.74) is 0.843. The normalized spacial score (nSPS) is 9.91. The molecule has 0 aliphatic carbocycles. The van der Waals surface area contributed by atoms with E-state index in [-0.39, 0.29) is 17.9 Å². The molecule has 1 aromatic heterocycles. The van der Waals surface area contributed by atoms with Crippen LogP contribution in [0.1, 0.15) is 26.7 Å². The van der Waals surface area contributed by atoms with E-state index in [9.17, 15) is 9.90 Å². The first-order valence-electron chi connectivity index (χ1n) is 7.14. The fourth-order valence-electron chi connectivity index (χ4n) is 1.54. The molecule has 1 heterocycles. The summed E-state index contributed by atoms with van der Waals surface area (Å²) in [6, 6.07) is 7.62. The van der Waals surface area contributed by atoms with Crippen LogP contribution in [0.25, 0.3) is 10.2 Å². The van der Waals surface area contributed by atoms with E-state index in [4.69, 9.17) is 17.0 Å². The lowest BCUT2D eigenvalue weighted by atomic mass is 10.3. The van der Waals surface area contributed by atoms with Crippen molar-refractivity contribution in [2.24, 2.45) is 0 Å². The van der Waals surface area contributed by atoms with Crippen LogP contribution in [0, 0.1) is 0 Å². The highest BCUT2D eigenvalue weighted by Gasteiger charge is 2.07. The number of rotatable bonds is 6. The molecule has 0 radical (unpaired) electrons. The Labute approximate surface area is 139 Å². The SMILES string of the molecule is CC[NH2+]CC.O=C([O-])CCC(=S)Oc1nc2ccccc2s1. The molecule has 0 saturated carbocycles. The fourth-order valence-corrected chi connectivity index (χ4v) is 2.61. The number of benzene rings is 1. The van der Waals surface area contributed by atoms with Crippen molar-refractivity contribution in [1.82, 2.24) is 4.98 Å². The number of carboxylic acids is 1. The first-order chi connectivity index (χ1) is 10.6. The third-order valence-electron chi connectivity index (χ3n) is 2.59. The number of nitrogens with zero attached hydrogens (tertiary/aromatic N) is 1. The van der Waals surface area contributed by atoms with Crippen LogP contribution in [0.15, 0.2) is 24.3 Å². The van der Waals surface area contributed by atoms with Crippen LogP contribution in [0.5, 0.6) is 5.19 Å². The van der Waals surface area contributed by atoms with E-state index in [1.807, 2.05) is 24.3 Å². The predicted molar refractivity (Wildman–Crippen MR) is 90.1 cm³/mol. The third kappa shape index (κ3) is 6.93. The van der Waals surface area contributed by atoms with Gasteiger partial charge in [-0.3, -0.25) is 0 Å². The zero-order valence-electron chi connectivity index (χ0n) is 12.7. The summed E-state index contributed by atoms with van der Waals surface area (Å²) in [6.45, 7) is 6.75. The van der Waals surface area contributed by atoms with Gasteiger partial charge < -0.3 is 20.0 Å². The molecular weight excluding hydrogens is 320 g/mol. The smallest absolute Gasteiger partial charge is 0.280 e. The lowest BCUT2D eigenvalue weighted by Gasteiger charge is -2.03. The molecule has 0 aliphatic rings. The number of thiocarbonyl (C=S) groups is 1. The van der Waals surface area contributed by atoms with Crippen LogP contribution in [0.3, 0.4) is 0 Å². The maximum atomic E-state index is 10.3. The van der Waals surface area contributed by atoms with Crippen molar-refractivity contribution >= 4 is 44.8 Å². The lowest BCUT2D eigenvalue weighted by molar-refractivity contribution is -0.648. The third-order valence-corrected chi connectivity index (χ3v) is 3.79. The Bertz CT molecular complexity index is 579. The lowest BCUT2D eigenvalue weighted by Crippen LogP contribution is -2.82. The summed E-state index contributed by atoms with van der Waals surface area (Å²) in [7, 11) is 0. The summed E-state index contributed by atoms with van der Waals surface area (Å²) < 4.78 is 6.30. The predicted octanol–water partition coefficient (Wildman–Crippen LogP) is 1.12. The van der Waals surface area contributed by atoms with Crippen LogP contribution in [0.4, 0.5) is 0 Å². The number of ether oxygens (including phenoxy) is 1. The molecule has 0 amide bonds. The van der Waals surface area contributed by atoms with Crippen molar-refractivity contribution in [2.45, 2.75) is 26.7 Å². The summed E-state index contributed by atoms with van der Waals surface area (Å²) in [6.07, 6.45) is 0.0251. The average Bonchev–Trinajstić information content (AvgIpc) is 2.88. The number of hydrogen-bond donors (Lipinski definition) is 1. The highest BCUT2D eigenvalue weighted by molar-refractivity contribution is 7.80. The average molecular weight is 340 g/mol. The van der Waals surface area contributed by atoms with Gasteiger partial charge in [0.1, 0.15) is 0 Å². The Morgan fingerprint density at radius 2 is 2.00 bits per heavy atom. The van der Waals surface area contributed by atoms with E-state index >= 15 is 0 Å². The zero-order chi connectivity index (χ0) is 16.4. The van der Waals surface area contributed by atoms with Gasteiger partial charge in [0.2, 0.25) is 0 Å². The van der Waals surface area contributed by atoms with Gasteiger partial charge in [0.25, 0.3) is 5.19 Å². The fraction of sp³-hybridized carbons (Fsp3) is 0.400. The van der Waals surface area contributed by atoms with Crippen LogP contribution in [-0.2, 0) is 4.79 Å². The van der Waals surface area contributed by atoms with E-state index in [1.54, 1.807) is 0 Å². The van der Waals surface area contributed by atoms with Gasteiger partial charge >= 0.3 is 0 Å². The van der Waals surface area contributed by atoms with Gasteiger partial charge in [-0.1, -0.05) is 23.5 Å². The molecule has 0 saturated heterocycles. The molecule has 0 aliphatic heterocycles. The number of hydrogen-bond acceptors (Lipinski definition) is 6. The second-order valence-electron chi connectivity index (χ2n) is 4.40. The van der Waals surface area contributed by atoms with Gasteiger partial charge in [0, 0.05) is 12.4 Å². The molecule has 0 atom stereocenters. The van der Waals surface area contributed by atoms with Gasteiger partial charge in [0.05, 0.1) is 23.3 Å². The molecule has 2 aromatic rings. The Morgan fingerprint density at radius 1 is 1.32 bits per heavy atom. The van der Waals surface area contributed by atoms with E-state index in [2.05, 4.69) is 24.1 Å². The number of aliphatic carboxylic acids is 1. The molecule has 120 valence electrons. The van der Waals surface area contributed by atoms with Crippen molar-refractivity contribution in [3.8, 4) is 5.19 Å². The van der Waals surface area contributed by atoms with Crippen LogP contribution in [-0.4, -0.2) is 29.1 Å². The molecule has 7 heteroatoms. The summed E-state index contributed by atoms with van der Waals surface area (Å²) in [5.74, 6) is -1.14. The van der Waals surface area contributed by atoms with Crippen molar-refractivity contribution in [3.63, 3.8) is 0 Å². The van der Waals surface area contributed by atoms with Crippen molar-refractivity contribution < 1.29 is 20.0 Å². The Hall–Kier alpha value is -1.57. The van der Waals surface area contributed by atoms with Gasteiger partial charge in [-0.2, -0.15) is 0 Å². The van der Waals surface area contributed by atoms with Gasteiger partial charge in [-0.15, -0.1) is 0 Å². The molecule has 1 aromatic carbocycles. The number of thiazole rings is 1. The van der Waals surface area contributed by atoms with E-state index < -0.39 is 5.97 Å².